The van der Waals surface area contributed by atoms with Crippen LogP contribution in [0.15, 0.2) is 60.0 Å². The zero-order chi connectivity index (χ0) is 22.2. The number of para-hydroxylation sites is 1. The fraction of sp³-hybridized carbons (Fsp3) is 0.261. The minimum absolute atomic E-state index is 0.0237. The zero-order valence-corrected chi connectivity index (χ0v) is 18.3. The maximum absolute atomic E-state index is 12.8. The Bertz CT molecular complexity index is 1040. The van der Waals surface area contributed by atoms with Crippen molar-refractivity contribution < 1.29 is 19.2 Å². The molecule has 3 aromatic rings. The van der Waals surface area contributed by atoms with Crippen LogP contribution in [0.5, 0.6) is 11.5 Å². The van der Waals surface area contributed by atoms with Gasteiger partial charge in [-0.1, -0.05) is 30.3 Å². The molecule has 0 N–H and O–H groups in total. The first kappa shape index (κ1) is 22.3. The van der Waals surface area contributed by atoms with E-state index in [1.165, 1.54) is 6.07 Å². The lowest BCUT2D eigenvalue weighted by atomic mass is 10.1. The Balaban J connectivity index is 1.69. The first-order chi connectivity index (χ1) is 15.0. The molecule has 0 bridgehead atoms. The number of carbonyl (C=O) groups is 1. The smallest absolute Gasteiger partial charge is 0.273 e. The average Bonchev–Trinajstić information content (AvgIpc) is 3.30. The second-order valence-electron chi connectivity index (χ2n) is 6.82. The van der Waals surface area contributed by atoms with Crippen molar-refractivity contribution in [1.29, 1.82) is 0 Å². The fourth-order valence-corrected chi connectivity index (χ4v) is 3.80. The molecule has 0 saturated heterocycles. The van der Waals surface area contributed by atoms with Gasteiger partial charge in [0.05, 0.1) is 18.5 Å². The van der Waals surface area contributed by atoms with Gasteiger partial charge in [0.25, 0.3) is 5.69 Å². The standard InChI is InChI=1S/C23H24N2O5S/c1-3-24(23(26)14-18-7-4-5-9-20(18)25(27)28)15-17-10-11-21(22(13-17)29-2)30-16-19-8-6-12-31-19/h4-13H,3,14-16H2,1-2H3. The highest BCUT2D eigenvalue weighted by atomic mass is 32.1. The number of methoxy groups -OCH3 is 1. The van der Waals surface area contributed by atoms with Crippen LogP contribution in [0.4, 0.5) is 5.69 Å². The van der Waals surface area contributed by atoms with Crippen LogP contribution >= 0.6 is 11.3 Å². The Labute approximate surface area is 185 Å². The van der Waals surface area contributed by atoms with Gasteiger partial charge in [0, 0.05) is 29.6 Å². The molecule has 162 valence electrons. The van der Waals surface area contributed by atoms with E-state index in [1.807, 2.05) is 42.6 Å². The summed E-state index contributed by atoms with van der Waals surface area (Å²) in [6.07, 6.45) is -0.0237. The van der Waals surface area contributed by atoms with Crippen LogP contribution < -0.4 is 9.47 Å². The lowest BCUT2D eigenvalue weighted by molar-refractivity contribution is -0.385. The Hall–Kier alpha value is -3.39. The van der Waals surface area contributed by atoms with Crippen LogP contribution in [-0.2, 0) is 24.4 Å². The van der Waals surface area contributed by atoms with Gasteiger partial charge in [-0.3, -0.25) is 14.9 Å². The van der Waals surface area contributed by atoms with Crippen molar-refractivity contribution in [2.24, 2.45) is 0 Å². The lowest BCUT2D eigenvalue weighted by Crippen LogP contribution is -2.31. The predicted octanol–water partition coefficient (Wildman–Crippen LogP) is 4.84. The molecule has 0 aliphatic heterocycles. The van der Waals surface area contributed by atoms with Gasteiger partial charge in [-0.25, -0.2) is 0 Å². The van der Waals surface area contributed by atoms with Crippen LogP contribution in [0.25, 0.3) is 0 Å². The van der Waals surface area contributed by atoms with Crippen LogP contribution in [0.2, 0.25) is 0 Å². The summed E-state index contributed by atoms with van der Waals surface area (Å²) in [6, 6.07) is 15.9. The van der Waals surface area contributed by atoms with Crippen LogP contribution in [0.3, 0.4) is 0 Å². The molecule has 31 heavy (non-hydrogen) atoms. The SMILES string of the molecule is CCN(Cc1ccc(OCc2cccs2)c(OC)c1)C(=O)Cc1ccccc1[N+](=O)[O-]. The first-order valence-electron chi connectivity index (χ1n) is 9.84. The molecule has 0 aliphatic rings. The maximum Gasteiger partial charge on any atom is 0.273 e. The van der Waals surface area contributed by atoms with Gasteiger partial charge in [0.2, 0.25) is 5.91 Å². The molecule has 2 aromatic carbocycles. The molecule has 0 aliphatic carbocycles. The van der Waals surface area contributed by atoms with E-state index in [2.05, 4.69) is 0 Å². The van der Waals surface area contributed by atoms with Crippen LogP contribution in [-0.4, -0.2) is 29.4 Å². The molecule has 1 aromatic heterocycles. The number of hydrogen-bond donors (Lipinski definition) is 0. The number of rotatable bonds is 10. The summed E-state index contributed by atoms with van der Waals surface area (Å²) in [6.45, 7) is 3.20. The monoisotopic (exact) mass is 440 g/mol. The largest absolute Gasteiger partial charge is 0.493 e. The summed E-state index contributed by atoms with van der Waals surface area (Å²) in [7, 11) is 1.58. The second kappa shape index (κ2) is 10.6. The van der Waals surface area contributed by atoms with Crippen molar-refractivity contribution in [1.82, 2.24) is 4.90 Å². The topological polar surface area (TPSA) is 81.9 Å². The summed E-state index contributed by atoms with van der Waals surface area (Å²) in [4.78, 5) is 26.4. The minimum atomic E-state index is -0.460. The van der Waals surface area contributed by atoms with Gasteiger partial charge in [-0.15, -0.1) is 11.3 Å². The Kier molecular flexibility index (Phi) is 7.61. The summed E-state index contributed by atoms with van der Waals surface area (Å²) < 4.78 is 11.3. The van der Waals surface area contributed by atoms with Gasteiger partial charge in [-0.05, 0) is 36.1 Å². The molecule has 8 heteroatoms. The van der Waals surface area contributed by atoms with E-state index in [1.54, 1.807) is 41.5 Å². The molecule has 0 radical (unpaired) electrons. The number of nitro benzene ring substituents is 1. The van der Waals surface area contributed by atoms with Crippen molar-refractivity contribution in [3.05, 3.63) is 86.1 Å². The maximum atomic E-state index is 12.8. The van der Waals surface area contributed by atoms with E-state index in [0.717, 1.165) is 10.4 Å². The van der Waals surface area contributed by atoms with Gasteiger partial charge in [-0.2, -0.15) is 0 Å². The number of thiophene rings is 1. The van der Waals surface area contributed by atoms with E-state index < -0.39 is 4.92 Å². The summed E-state index contributed by atoms with van der Waals surface area (Å²) in [5, 5.41) is 13.2. The third kappa shape index (κ3) is 5.82. The Morgan fingerprint density at radius 2 is 1.94 bits per heavy atom. The number of hydrogen-bond acceptors (Lipinski definition) is 6. The Morgan fingerprint density at radius 1 is 1.13 bits per heavy atom. The van der Waals surface area contributed by atoms with Crippen molar-refractivity contribution >= 4 is 22.9 Å². The van der Waals surface area contributed by atoms with E-state index in [-0.39, 0.29) is 18.0 Å². The normalized spacial score (nSPS) is 10.5. The number of amides is 1. The van der Waals surface area contributed by atoms with Gasteiger partial charge in [0.1, 0.15) is 6.61 Å². The highest BCUT2D eigenvalue weighted by Crippen LogP contribution is 2.30. The number of nitro groups is 1. The van der Waals surface area contributed by atoms with Crippen molar-refractivity contribution in [3.63, 3.8) is 0 Å². The number of benzene rings is 2. The molecule has 0 unspecified atom stereocenters. The zero-order valence-electron chi connectivity index (χ0n) is 17.4. The average molecular weight is 441 g/mol. The summed E-state index contributed by atoms with van der Waals surface area (Å²) in [5.41, 5.74) is 1.25. The summed E-state index contributed by atoms with van der Waals surface area (Å²) >= 11 is 1.62. The van der Waals surface area contributed by atoms with Crippen LogP contribution in [0.1, 0.15) is 22.9 Å². The molecular formula is C23H24N2O5S. The number of ether oxygens (including phenoxy) is 2. The molecule has 0 fully saturated rings. The Morgan fingerprint density at radius 3 is 2.61 bits per heavy atom. The van der Waals surface area contributed by atoms with E-state index in [4.69, 9.17) is 9.47 Å². The minimum Gasteiger partial charge on any atom is -0.493 e. The third-order valence-corrected chi connectivity index (χ3v) is 5.67. The van der Waals surface area contributed by atoms with Gasteiger partial charge < -0.3 is 14.4 Å². The van der Waals surface area contributed by atoms with E-state index in [9.17, 15) is 14.9 Å². The summed E-state index contributed by atoms with van der Waals surface area (Å²) in [5.74, 6) is 1.05. The molecule has 1 amide bonds. The van der Waals surface area contributed by atoms with Crippen molar-refractivity contribution in [3.8, 4) is 11.5 Å². The quantitative estimate of drug-likeness (QED) is 0.333. The van der Waals surface area contributed by atoms with E-state index >= 15 is 0 Å². The molecule has 3 rings (SSSR count). The highest BCUT2D eigenvalue weighted by molar-refractivity contribution is 7.09. The molecule has 0 atom stereocenters. The lowest BCUT2D eigenvalue weighted by Gasteiger charge is -2.22. The number of nitrogens with zero attached hydrogens (tertiary/aromatic N) is 2. The second-order valence-corrected chi connectivity index (χ2v) is 7.86. The van der Waals surface area contributed by atoms with Gasteiger partial charge in [0.15, 0.2) is 11.5 Å². The van der Waals surface area contributed by atoms with Crippen molar-refractivity contribution in [2.45, 2.75) is 26.5 Å². The molecular weight excluding hydrogens is 416 g/mol. The first-order valence-corrected chi connectivity index (χ1v) is 10.7. The molecule has 1 heterocycles. The van der Waals surface area contributed by atoms with Crippen molar-refractivity contribution in [2.75, 3.05) is 13.7 Å². The molecule has 7 nitrogen and oxygen atoms in total. The molecule has 0 spiro atoms. The highest BCUT2D eigenvalue weighted by Gasteiger charge is 2.19. The number of likely N-dealkylation sites (N-methyl/N-ethyl adjacent to an activating group) is 1. The van der Waals surface area contributed by atoms with E-state index in [0.29, 0.717) is 36.8 Å². The number of carbonyl (C=O) groups excluding carboxylic acids is 1. The molecule has 0 saturated carbocycles. The fourth-order valence-electron chi connectivity index (χ4n) is 3.18. The van der Waals surface area contributed by atoms with Gasteiger partial charge >= 0.3 is 0 Å². The third-order valence-electron chi connectivity index (χ3n) is 4.82. The predicted molar refractivity (Wildman–Crippen MR) is 120 cm³/mol. The van der Waals surface area contributed by atoms with Crippen LogP contribution in [0, 0.1) is 10.1 Å².